The van der Waals surface area contributed by atoms with Gasteiger partial charge in [-0.3, -0.25) is 9.59 Å². The Balaban J connectivity index is 1.72. The van der Waals surface area contributed by atoms with Crippen LogP contribution >= 0.6 is 0 Å². The lowest BCUT2D eigenvalue weighted by Crippen LogP contribution is -2.56. The van der Waals surface area contributed by atoms with Crippen molar-refractivity contribution in [2.45, 2.75) is 82.6 Å². The summed E-state index contributed by atoms with van der Waals surface area (Å²) in [6.07, 6.45) is 5.38. The number of aliphatic hydroxyl groups is 3. The molecule has 44 heavy (non-hydrogen) atoms. The Labute approximate surface area is 259 Å². The highest BCUT2D eigenvalue weighted by atomic mass is 16.5. The van der Waals surface area contributed by atoms with Gasteiger partial charge in [-0.05, 0) is 48.2 Å². The molecule has 0 aromatic heterocycles. The summed E-state index contributed by atoms with van der Waals surface area (Å²) >= 11 is 0. The molecule has 1 heterocycles. The number of amides is 2. The largest absolute Gasteiger partial charge is 0.496 e. The number of hydrogen-bond acceptors (Lipinski definition) is 8. The van der Waals surface area contributed by atoms with E-state index in [1.54, 1.807) is 30.2 Å². The minimum absolute atomic E-state index is 0.0443. The minimum Gasteiger partial charge on any atom is -0.496 e. The van der Waals surface area contributed by atoms with Crippen molar-refractivity contribution in [2.75, 3.05) is 33.9 Å². The topological polar surface area (TPSA) is 138 Å². The van der Waals surface area contributed by atoms with Gasteiger partial charge in [0.2, 0.25) is 11.8 Å². The molecular formula is C34H46N2O8. The van der Waals surface area contributed by atoms with Crippen molar-refractivity contribution >= 4 is 11.8 Å². The first-order valence-corrected chi connectivity index (χ1v) is 15.6. The van der Waals surface area contributed by atoms with Crippen molar-refractivity contribution in [1.82, 2.24) is 10.2 Å². The SMILES string of the molecule is CCCCCCCC(=O)N(CCc1ccccc1OC)[C@@H]1C=C(C(=O)NCCO)[C@@H]2c3cc(CO)cc(OC)c3O[C@@H]2[C@H]1O. The smallest absolute Gasteiger partial charge is 0.247 e. The Morgan fingerprint density at radius 1 is 1.02 bits per heavy atom. The van der Waals surface area contributed by atoms with E-state index >= 15 is 0 Å². The molecule has 0 saturated heterocycles. The Morgan fingerprint density at radius 2 is 1.77 bits per heavy atom. The molecule has 4 N–H and O–H groups in total. The van der Waals surface area contributed by atoms with Gasteiger partial charge in [0.25, 0.3) is 0 Å². The average Bonchev–Trinajstić information content (AvgIpc) is 3.44. The summed E-state index contributed by atoms with van der Waals surface area (Å²) < 4.78 is 17.4. The van der Waals surface area contributed by atoms with Crippen LogP contribution in [0.15, 0.2) is 48.0 Å². The number of rotatable bonds is 16. The third kappa shape index (κ3) is 7.36. The number of methoxy groups -OCH3 is 2. The molecule has 0 radical (unpaired) electrons. The molecule has 240 valence electrons. The molecule has 0 unspecified atom stereocenters. The maximum absolute atomic E-state index is 13.9. The van der Waals surface area contributed by atoms with Crippen LogP contribution in [-0.4, -0.2) is 84.2 Å². The molecule has 1 aliphatic heterocycles. The number of nitrogens with zero attached hydrogens (tertiary/aromatic N) is 1. The van der Waals surface area contributed by atoms with Crippen LogP contribution in [0.4, 0.5) is 0 Å². The summed E-state index contributed by atoms with van der Waals surface area (Å²) in [5, 5.41) is 33.9. The summed E-state index contributed by atoms with van der Waals surface area (Å²) in [6, 6.07) is 10.2. The van der Waals surface area contributed by atoms with E-state index in [2.05, 4.69) is 12.2 Å². The van der Waals surface area contributed by atoms with E-state index in [9.17, 15) is 24.9 Å². The Kier molecular flexibility index (Phi) is 12.1. The van der Waals surface area contributed by atoms with E-state index in [1.807, 2.05) is 24.3 Å². The first-order chi connectivity index (χ1) is 21.4. The number of carbonyl (C=O) groups is 2. The molecule has 1 aliphatic carbocycles. The molecule has 0 saturated carbocycles. The van der Waals surface area contributed by atoms with Crippen molar-refractivity contribution in [3.05, 3.63) is 64.7 Å². The van der Waals surface area contributed by atoms with Crippen LogP contribution < -0.4 is 19.5 Å². The first kappa shape index (κ1) is 33.3. The van der Waals surface area contributed by atoms with E-state index in [0.29, 0.717) is 53.3 Å². The number of aliphatic hydroxyl groups excluding tert-OH is 3. The monoisotopic (exact) mass is 610 g/mol. The highest BCUT2D eigenvalue weighted by Gasteiger charge is 2.51. The Hall–Kier alpha value is -3.60. The highest BCUT2D eigenvalue weighted by Crippen LogP contribution is 2.51. The van der Waals surface area contributed by atoms with Gasteiger partial charge in [-0.15, -0.1) is 0 Å². The average molecular weight is 611 g/mol. The molecule has 2 aromatic rings. The van der Waals surface area contributed by atoms with Crippen LogP contribution in [0.3, 0.4) is 0 Å². The van der Waals surface area contributed by atoms with Crippen molar-refractivity contribution in [2.24, 2.45) is 0 Å². The lowest BCUT2D eigenvalue weighted by atomic mass is 9.77. The normalized spacial score (nSPS) is 20.2. The second-order valence-corrected chi connectivity index (χ2v) is 11.3. The van der Waals surface area contributed by atoms with Gasteiger partial charge in [0.1, 0.15) is 18.0 Å². The predicted octanol–water partition coefficient (Wildman–Crippen LogP) is 3.25. The number of para-hydroxylation sites is 1. The van der Waals surface area contributed by atoms with Gasteiger partial charge < -0.3 is 39.7 Å². The van der Waals surface area contributed by atoms with Gasteiger partial charge in [0.15, 0.2) is 11.5 Å². The third-order valence-electron chi connectivity index (χ3n) is 8.48. The van der Waals surface area contributed by atoms with Crippen LogP contribution in [0.5, 0.6) is 17.2 Å². The molecule has 4 atom stereocenters. The van der Waals surface area contributed by atoms with Crippen molar-refractivity contribution in [3.63, 3.8) is 0 Å². The summed E-state index contributed by atoms with van der Waals surface area (Å²) in [6.45, 7) is 2.00. The van der Waals surface area contributed by atoms with Crippen LogP contribution in [0.25, 0.3) is 0 Å². The molecule has 2 amide bonds. The van der Waals surface area contributed by atoms with E-state index < -0.39 is 30.1 Å². The van der Waals surface area contributed by atoms with E-state index in [-0.39, 0.29) is 25.7 Å². The number of ether oxygens (including phenoxy) is 3. The number of unbranched alkanes of at least 4 members (excludes halogenated alkanes) is 4. The van der Waals surface area contributed by atoms with Crippen LogP contribution in [0, 0.1) is 0 Å². The lowest BCUT2D eigenvalue weighted by Gasteiger charge is -2.41. The second kappa shape index (κ2) is 15.9. The molecule has 10 heteroatoms. The Morgan fingerprint density at radius 3 is 2.48 bits per heavy atom. The number of carbonyl (C=O) groups excluding carboxylic acids is 2. The zero-order valence-electron chi connectivity index (χ0n) is 26.0. The van der Waals surface area contributed by atoms with Crippen LogP contribution in [0.2, 0.25) is 0 Å². The van der Waals surface area contributed by atoms with E-state index in [0.717, 1.165) is 37.7 Å². The van der Waals surface area contributed by atoms with Gasteiger partial charge in [-0.1, -0.05) is 50.8 Å². The molecule has 10 nitrogen and oxygen atoms in total. The molecular weight excluding hydrogens is 564 g/mol. The highest BCUT2D eigenvalue weighted by molar-refractivity contribution is 5.96. The van der Waals surface area contributed by atoms with Gasteiger partial charge in [-0.25, -0.2) is 0 Å². The summed E-state index contributed by atoms with van der Waals surface area (Å²) in [7, 11) is 3.10. The quantitative estimate of drug-likeness (QED) is 0.213. The zero-order chi connectivity index (χ0) is 31.6. The second-order valence-electron chi connectivity index (χ2n) is 11.3. The van der Waals surface area contributed by atoms with Gasteiger partial charge >= 0.3 is 0 Å². The minimum atomic E-state index is -1.16. The summed E-state index contributed by atoms with van der Waals surface area (Å²) in [4.78, 5) is 29.1. The number of benzene rings is 2. The van der Waals surface area contributed by atoms with Crippen LogP contribution in [-0.2, 0) is 22.6 Å². The van der Waals surface area contributed by atoms with Crippen LogP contribution in [0.1, 0.15) is 68.1 Å². The molecule has 0 spiro atoms. The molecule has 2 aromatic carbocycles. The van der Waals surface area contributed by atoms with Crippen molar-refractivity contribution in [1.29, 1.82) is 0 Å². The molecule has 4 rings (SSSR count). The molecule has 0 bridgehead atoms. The van der Waals surface area contributed by atoms with Gasteiger partial charge in [0.05, 0.1) is 39.4 Å². The van der Waals surface area contributed by atoms with Gasteiger partial charge in [-0.2, -0.15) is 0 Å². The first-order valence-electron chi connectivity index (χ1n) is 15.6. The standard InChI is InChI=1S/C34H46N2O8/c1-4-5-6-7-8-13-29(39)36(16-14-23-11-9-10-12-27(23)42-2)26-20-25(34(41)35-15-17-37)30-24-18-22(21-38)19-28(43-3)32(24)44-33(30)31(26)40/h9-12,18-20,26,30-31,33,37-38,40H,4-8,13-17,21H2,1-3H3,(H,35,41)/t26-,30+,31+,33+/m1/s1. The maximum atomic E-state index is 13.9. The number of nitrogens with one attached hydrogen (secondary N) is 1. The summed E-state index contributed by atoms with van der Waals surface area (Å²) in [5.74, 6) is 0.285. The Bertz CT molecular complexity index is 1310. The lowest BCUT2D eigenvalue weighted by molar-refractivity contribution is -0.137. The van der Waals surface area contributed by atoms with Gasteiger partial charge in [0, 0.05) is 30.6 Å². The van der Waals surface area contributed by atoms with Crippen molar-refractivity contribution < 1.29 is 39.1 Å². The summed E-state index contributed by atoms with van der Waals surface area (Å²) in [5.41, 5.74) is 2.44. The number of fused-ring (bicyclic) bond motifs is 3. The van der Waals surface area contributed by atoms with Crippen molar-refractivity contribution in [3.8, 4) is 17.2 Å². The molecule has 0 fully saturated rings. The zero-order valence-corrected chi connectivity index (χ0v) is 26.0. The predicted molar refractivity (Wildman–Crippen MR) is 166 cm³/mol. The fourth-order valence-electron chi connectivity index (χ4n) is 6.23. The molecule has 2 aliphatic rings. The number of hydrogen-bond donors (Lipinski definition) is 4. The fourth-order valence-corrected chi connectivity index (χ4v) is 6.23. The maximum Gasteiger partial charge on any atom is 0.247 e. The van der Waals surface area contributed by atoms with E-state index in [1.165, 1.54) is 7.11 Å². The third-order valence-corrected chi connectivity index (χ3v) is 8.48. The fraction of sp³-hybridized carbons (Fsp3) is 0.529. The van der Waals surface area contributed by atoms with E-state index in [4.69, 9.17) is 14.2 Å².